The summed E-state index contributed by atoms with van der Waals surface area (Å²) in [6.45, 7) is 4.10. The molecule has 24 heavy (non-hydrogen) atoms. The largest absolute Gasteiger partial charge is 0.334 e. The van der Waals surface area contributed by atoms with Crippen LogP contribution in [0.1, 0.15) is 31.7 Å². The number of amides is 1. The Morgan fingerprint density at radius 2 is 2.12 bits per heavy atom. The Labute approximate surface area is 154 Å². The van der Waals surface area contributed by atoms with Gasteiger partial charge in [0.25, 0.3) is 0 Å². The maximum absolute atomic E-state index is 12.7. The average Bonchev–Trinajstić information content (AvgIpc) is 2.97. The Balaban J connectivity index is 0.00000208. The van der Waals surface area contributed by atoms with Crippen LogP contribution in [0.25, 0.3) is 0 Å². The number of nitrogens with one attached hydrogen (secondary N) is 1. The number of carbonyl (C=O) groups excluding carboxylic acids is 1. The van der Waals surface area contributed by atoms with Gasteiger partial charge in [-0.1, -0.05) is 6.92 Å². The highest BCUT2D eigenvalue weighted by molar-refractivity contribution is 7.92. The van der Waals surface area contributed by atoms with Crippen LogP contribution in [0.15, 0.2) is 16.8 Å². The lowest BCUT2D eigenvalue weighted by Crippen LogP contribution is -2.41. The highest BCUT2D eigenvalue weighted by Gasteiger charge is 2.57. The summed E-state index contributed by atoms with van der Waals surface area (Å²) in [5.41, 5.74) is 1.31. The van der Waals surface area contributed by atoms with Gasteiger partial charge in [-0.25, -0.2) is 8.42 Å². The molecule has 2 heterocycles. The van der Waals surface area contributed by atoms with Crippen molar-refractivity contribution in [3.8, 4) is 0 Å². The monoisotopic (exact) mass is 392 g/mol. The van der Waals surface area contributed by atoms with Crippen molar-refractivity contribution in [2.45, 2.75) is 38.8 Å². The molecular weight excluding hydrogens is 368 g/mol. The first-order valence-electron chi connectivity index (χ1n) is 8.17. The van der Waals surface area contributed by atoms with Crippen molar-refractivity contribution in [2.75, 3.05) is 24.6 Å². The van der Waals surface area contributed by atoms with Crippen molar-refractivity contribution in [3.05, 3.63) is 22.4 Å². The third kappa shape index (κ3) is 4.31. The van der Waals surface area contributed by atoms with E-state index in [9.17, 15) is 13.2 Å². The van der Waals surface area contributed by atoms with Crippen LogP contribution in [0, 0.1) is 5.41 Å². The van der Waals surface area contributed by atoms with Gasteiger partial charge in [0.1, 0.15) is 5.75 Å². The number of hydrogen-bond acceptors (Lipinski definition) is 5. The van der Waals surface area contributed by atoms with Crippen LogP contribution in [0.4, 0.5) is 0 Å². The zero-order valence-corrected chi connectivity index (χ0v) is 16.3. The molecule has 3 rings (SSSR count). The molecule has 1 spiro atoms. The Kier molecular flexibility index (Phi) is 6.34. The van der Waals surface area contributed by atoms with Crippen LogP contribution in [0.2, 0.25) is 0 Å². The molecule has 1 aliphatic heterocycles. The van der Waals surface area contributed by atoms with E-state index in [0.717, 1.165) is 37.9 Å². The van der Waals surface area contributed by atoms with E-state index in [4.69, 9.17) is 0 Å². The number of thiophene rings is 1. The topological polar surface area (TPSA) is 66.5 Å². The summed E-state index contributed by atoms with van der Waals surface area (Å²) in [5.74, 6) is -0.582. The van der Waals surface area contributed by atoms with Gasteiger partial charge >= 0.3 is 0 Å². The van der Waals surface area contributed by atoms with E-state index in [1.807, 2.05) is 21.7 Å². The van der Waals surface area contributed by atoms with Gasteiger partial charge in [0.15, 0.2) is 9.84 Å². The number of hydrogen-bond donors (Lipinski definition) is 1. The predicted molar refractivity (Wildman–Crippen MR) is 99.4 cm³/mol. The normalized spacial score (nSPS) is 22.0. The minimum absolute atomic E-state index is 0. The number of halogens is 1. The number of sulfone groups is 1. The molecule has 2 aliphatic rings. The smallest absolute Gasteiger partial charge is 0.238 e. The molecule has 1 atom stereocenters. The molecule has 2 fully saturated rings. The standard InChI is InChI=1S/C16H24N2O3S2.ClH/c1-2-23(20,21)12-15(19)18(10-13-3-8-22-11-13)14-9-16(14)4-6-17-7-5-16;/h3,8,11,14,17H,2,4-7,9-10,12H2,1H3;1H. The second-order valence-corrected chi connectivity index (χ2v) is 9.80. The predicted octanol–water partition coefficient (Wildman–Crippen LogP) is 2.08. The number of piperidine rings is 1. The highest BCUT2D eigenvalue weighted by Crippen LogP contribution is 2.56. The minimum atomic E-state index is -3.29. The summed E-state index contributed by atoms with van der Waals surface area (Å²) in [7, 11) is -3.29. The second-order valence-electron chi connectivity index (χ2n) is 6.66. The van der Waals surface area contributed by atoms with E-state index in [2.05, 4.69) is 5.32 Å². The molecule has 1 N–H and O–H groups in total. The lowest BCUT2D eigenvalue weighted by atomic mass is 9.93. The van der Waals surface area contributed by atoms with Gasteiger partial charge in [0.2, 0.25) is 5.91 Å². The Hall–Kier alpha value is -0.630. The maximum atomic E-state index is 12.7. The van der Waals surface area contributed by atoms with Crippen molar-refractivity contribution >= 4 is 39.5 Å². The van der Waals surface area contributed by atoms with Crippen LogP contribution in [0.5, 0.6) is 0 Å². The van der Waals surface area contributed by atoms with Crippen LogP contribution < -0.4 is 5.32 Å². The minimum Gasteiger partial charge on any atom is -0.334 e. The Morgan fingerprint density at radius 3 is 2.71 bits per heavy atom. The highest BCUT2D eigenvalue weighted by atomic mass is 35.5. The zero-order chi connectivity index (χ0) is 16.5. The van der Waals surface area contributed by atoms with E-state index in [1.54, 1.807) is 18.3 Å². The maximum Gasteiger partial charge on any atom is 0.238 e. The Bertz CT molecular complexity index is 655. The summed E-state index contributed by atoms with van der Waals surface area (Å²) < 4.78 is 23.7. The fraction of sp³-hybridized carbons (Fsp3) is 0.688. The van der Waals surface area contributed by atoms with Crippen LogP contribution in [-0.2, 0) is 21.2 Å². The van der Waals surface area contributed by atoms with E-state index in [1.165, 1.54) is 0 Å². The summed E-state index contributed by atoms with van der Waals surface area (Å²) in [6.07, 6.45) is 3.16. The Morgan fingerprint density at radius 1 is 1.42 bits per heavy atom. The lowest BCUT2D eigenvalue weighted by molar-refractivity contribution is -0.130. The third-order valence-electron chi connectivity index (χ3n) is 5.16. The molecule has 1 aromatic heterocycles. The van der Waals surface area contributed by atoms with Crippen molar-refractivity contribution < 1.29 is 13.2 Å². The molecule has 0 radical (unpaired) electrons. The third-order valence-corrected chi connectivity index (χ3v) is 7.46. The molecule has 5 nitrogen and oxygen atoms in total. The number of nitrogens with zero attached hydrogens (tertiary/aromatic N) is 1. The van der Waals surface area contributed by atoms with Crippen molar-refractivity contribution in [1.82, 2.24) is 10.2 Å². The lowest BCUT2D eigenvalue weighted by Gasteiger charge is -2.29. The van der Waals surface area contributed by atoms with Crippen LogP contribution >= 0.6 is 23.7 Å². The molecule has 1 saturated heterocycles. The average molecular weight is 393 g/mol. The van der Waals surface area contributed by atoms with Gasteiger partial charge in [-0.2, -0.15) is 11.3 Å². The molecule has 1 amide bonds. The molecule has 1 aliphatic carbocycles. The van der Waals surface area contributed by atoms with Crippen molar-refractivity contribution in [2.24, 2.45) is 5.41 Å². The van der Waals surface area contributed by atoms with Crippen LogP contribution in [-0.4, -0.2) is 49.9 Å². The summed E-state index contributed by atoms with van der Waals surface area (Å²) in [4.78, 5) is 14.5. The number of rotatable bonds is 6. The number of carbonyl (C=O) groups is 1. The molecule has 1 saturated carbocycles. The van der Waals surface area contributed by atoms with E-state index in [0.29, 0.717) is 6.54 Å². The van der Waals surface area contributed by atoms with Gasteiger partial charge in [-0.3, -0.25) is 4.79 Å². The van der Waals surface area contributed by atoms with Gasteiger partial charge in [0, 0.05) is 18.3 Å². The molecule has 0 bridgehead atoms. The van der Waals surface area contributed by atoms with Gasteiger partial charge in [0.05, 0.1) is 0 Å². The first kappa shape index (κ1) is 19.7. The van der Waals surface area contributed by atoms with Crippen LogP contribution in [0.3, 0.4) is 0 Å². The molecule has 0 aromatic carbocycles. The molecular formula is C16H25ClN2O3S2. The van der Waals surface area contributed by atoms with Crippen molar-refractivity contribution in [1.29, 1.82) is 0 Å². The van der Waals surface area contributed by atoms with Crippen molar-refractivity contribution in [3.63, 3.8) is 0 Å². The summed E-state index contributed by atoms with van der Waals surface area (Å²) >= 11 is 1.60. The molecule has 1 unspecified atom stereocenters. The van der Waals surface area contributed by atoms with Gasteiger partial charge in [-0.05, 0) is 60.2 Å². The first-order chi connectivity index (χ1) is 11.0. The fourth-order valence-corrected chi connectivity index (χ4v) is 4.96. The quantitative estimate of drug-likeness (QED) is 0.804. The fourth-order valence-electron chi connectivity index (χ4n) is 3.55. The SMILES string of the molecule is CCS(=O)(=O)CC(=O)N(Cc1ccsc1)C1CC12CCNCC2.Cl. The summed E-state index contributed by atoms with van der Waals surface area (Å²) in [6, 6.07) is 2.21. The molecule has 136 valence electrons. The molecule has 1 aromatic rings. The zero-order valence-electron chi connectivity index (χ0n) is 13.9. The van der Waals surface area contributed by atoms with E-state index in [-0.39, 0.29) is 41.3 Å². The first-order valence-corrected chi connectivity index (χ1v) is 10.9. The van der Waals surface area contributed by atoms with Gasteiger partial charge < -0.3 is 10.2 Å². The summed E-state index contributed by atoms with van der Waals surface area (Å²) in [5, 5.41) is 7.39. The van der Waals surface area contributed by atoms with Gasteiger partial charge in [-0.15, -0.1) is 12.4 Å². The van der Waals surface area contributed by atoms with E-state index >= 15 is 0 Å². The second kappa shape index (κ2) is 7.72. The molecule has 8 heteroatoms. The van der Waals surface area contributed by atoms with E-state index < -0.39 is 9.84 Å².